The molecule has 2 heterocycles. The standard InChI is InChI=1S/C14H14Cl2N2O2S2/c15-13-7-12(14(16)21-13)22(19,20)18-8-11-10-4-2-1-3-9(10)5-6-17-11/h1-4,7,11,17-18H,5-6,8H2. The number of hydrogen-bond donors (Lipinski definition) is 2. The van der Waals surface area contributed by atoms with Gasteiger partial charge in [-0.25, -0.2) is 13.1 Å². The second-order valence-corrected chi connectivity index (χ2v) is 9.02. The fraction of sp³-hybridized carbons (Fsp3) is 0.286. The Morgan fingerprint density at radius 2 is 2.09 bits per heavy atom. The van der Waals surface area contributed by atoms with Gasteiger partial charge < -0.3 is 5.32 Å². The van der Waals surface area contributed by atoms with Crippen LogP contribution in [0, 0.1) is 0 Å². The van der Waals surface area contributed by atoms with Crippen LogP contribution in [0.1, 0.15) is 17.2 Å². The van der Waals surface area contributed by atoms with Crippen LogP contribution < -0.4 is 10.0 Å². The number of halogens is 2. The van der Waals surface area contributed by atoms with Crippen molar-refractivity contribution in [2.45, 2.75) is 17.4 Å². The molecular weight excluding hydrogens is 363 g/mol. The van der Waals surface area contributed by atoms with Gasteiger partial charge in [-0.3, -0.25) is 0 Å². The van der Waals surface area contributed by atoms with E-state index in [-0.39, 0.29) is 21.8 Å². The lowest BCUT2D eigenvalue weighted by atomic mass is 9.95. The van der Waals surface area contributed by atoms with Crippen molar-refractivity contribution in [1.29, 1.82) is 0 Å². The molecule has 0 saturated heterocycles. The van der Waals surface area contributed by atoms with Crippen LogP contribution in [-0.4, -0.2) is 21.5 Å². The van der Waals surface area contributed by atoms with Gasteiger partial charge in [-0.2, -0.15) is 0 Å². The first kappa shape index (κ1) is 16.2. The summed E-state index contributed by atoms with van der Waals surface area (Å²) in [5.74, 6) is 0. The molecule has 1 aromatic carbocycles. The minimum absolute atomic E-state index is 0.0354. The van der Waals surface area contributed by atoms with Gasteiger partial charge in [0, 0.05) is 12.6 Å². The molecule has 4 nitrogen and oxygen atoms in total. The summed E-state index contributed by atoms with van der Waals surface area (Å²) in [5, 5.41) is 3.34. The zero-order chi connectivity index (χ0) is 15.7. The molecule has 2 aromatic rings. The van der Waals surface area contributed by atoms with Crippen LogP contribution in [0.3, 0.4) is 0 Å². The summed E-state index contributed by atoms with van der Waals surface area (Å²) in [6.07, 6.45) is 0.950. The summed E-state index contributed by atoms with van der Waals surface area (Å²) in [4.78, 5) is 0.0354. The van der Waals surface area contributed by atoms with Crippen molar-refractivity contribution in [2.75, 3.05) is 13.1 Å². The quantitative estimate of drug-likeness (QED) is 0.860. The first-order chi connectivity index (χ1) is 10.5. The maximum absolute atomic E-state index is 12.3. The number of nitrogens with one attached hydrogen (secondary N) is 2. The van der Waals surface area contributed by atoms with Crippen LogP contribution in [0.15, 0.2) is 35.2 Å². The Bertz CT molecular complexity index is 790. The van der Waals surface area contributed by atoms with Crippen molar-refractivity contribution >= 4 is 44.6 Å². The van der Waals surface area contributed by atoms with Crippen molar-refractivity contribution in [2.24, 2.45) is 0 Å². The Morgan fingerprint density at radius 1 is 1.32 bits per heavy atom. The molecule has 0 spiro atoms. The molecule has 3 rings (SSSR count). The minimum atomic E-state index is -3.67. The van der Waals surface area contributed by atoms with Gasteiger partial charge in [-0.1, -0.05) is 47.5 Å². The molecule has 0 fully saturated rings. The van der Waals surface area contributed by atoms with Gasteiger partial charge in [0.1, 0.15) is 9.23 Å². The minimum Gasteiger partial charge on any atom is -0.308 e. The zero-order valence-corrected chi connectivity index (χ0v) is 14.6. The largest absolute Gasteiger partial charge is 0.308 e. The van der Waals surface area contributed by atoms with Gasteiger partial charge in [0.05, 0.1) is 4.34 Å². The SMILES string of the molecule is O=S(=O)(NCC1NCCc2ccccc21)c1cc(Cl)sc1Cl. The number of sulfonamides is 1. The molecule has 0 saturated carbocycles. The molecular formula is C14H14Cl2N2O2S2. The number of hydrogen-bond acceptors (Lipinski definition) is 4. The van der Waals surface area contributed by atoms with Gasteiger partial charge in [-0.05, 0) is 30.2 Å². The van der Waals surface area contributed by atoms with Crippen molar-refractivity contribution < 1.29 is 8.42 Å². The fourth-order valence-electron chi connectivity index (χ4n) is 2.55. The highest BCUT2D eigenvalue weighted by Crippen LogP contribution is 2.34. The highest BCUT2D eigenvalue weighted by atomic mass is 35.5. The molecule has 8 heteroatoms. The molecule has 2 N–H and O–H groups in total. The summed E-state index contributed by atoms with van der Waals surface area (Å²) < 4.78 is 27.8. The van der Waals surface area contributed by atoms with Crippen LogP contribution in [-0.2, 0) is 16.4 Å². The molecule has 0 amide bonds. The fourth-order valence-corrected chi connectivity index (χ4v) is 5.75. The average molecular weight is 377 g/mol. The molecule has 22 heavy (non-hydrogen) atoms. The van der Waals surface area contributed by atoms with E-state index in [1.165, 1.54) is 11.6 Å². The Labute approximate surface area is 143 Å². The van der Waals surface area contributed by atoms with Crippen LogP contribution in [0.4, 0.5) is 0 Å². The van der Waals surface area contributed by atoms with Crippen LogP contribution >= 0.6 is 34.5 Å². The Morgan fingerprint density at radius 3 is 2.82 bits per heavy atom. The van der Waals surface area contributed by atoms with Crippen molar-refractivity contribution in [1.82, 2.24) is 10.0 Å². The smallest absolute Gasteiger partial charge is 0.243 e. The molecule has 1 aliphatic rings. The summed E-state index contributed by atoms with van der Waals surface area (Å²) in [6, 6.07) is 9.38. The first-order valence-corrected chi connectivity index (χ1v) is 9.78. The third-order valence-electron chi connectivity index (χ3n) is 3.61. The van der Waals surface area contributed by atoms with E-state index < -0.39 is 10.0 Å². The number of fused-ring (bicyclic) bond motifs is 1. The highest BCUT2D eigenvalue weighted by Gasteiger charge is 2.24. The zero-order valence-electron chi connectivity index (χ0n) is 11.5. The first-order valence-electron chi connectivity index (χ1n) is 6.73. The lowest BCUT2D eigenvalue weighted by Crippen LogP contribution is -2.38. The van der Waals surface area contributed by atoms with E-state index >= 15 is 0 Å². The van der Waals surface area contributed by atoms with Crippen molar-refractivity contribution in [3.8, 4) is 0 Å². The maximum atomic E-state index is 12.3. The van der Waals surface area contributed by atoms with Crippen molar-refractivity contribution in [3.63, 3.8) is 0 Å². The Hall–Kier alpha value is -0.630. The van der Waals surface area contributed by atoms with E-state index in [0.717, 1.165) is 29.9 Å². The predicted molar refractivity (Wildman–Crippen MR) is 90.4 cm³/mol. The van der Waals surface area contributed by atoms with Gasteiger partial charge in [0.2, 0.25) is 10.0 Å². The normalized spacial score (nSPS) is 18.2. The molecule has 118 valence electrons. The molecule has 1 aliphatic heterocycles. The maximum Gasteiger partial charge on any atom is 0.243 e. The van der Waals surface area contributed by atoms with Gasteiger partial charge in [0.15, 0.2) is 0 Å². The topological polar surface area (TPSA) is 58.2 Å². The van der Waals surface area contributed by atoms with Gasteiger partial charge in [-0.15, -0.1) is 11.3 Å². The predicted octanol–water partition coefficient (Wildman–Crippen LogP) is 3.22. The molecule has 1 aromatic heterocycles. The van der Waals surface area contributed by atoms with Crippen LogP contribution in [0.25, 0.3) is 0 Å². The van der Waals surface area contributed by atoms with Crippen molar-refractivity contribution in [3.05, 3.63) is 50.1 Å². The Kier molecular flexibility index (Phi) is 4.77. The third-order valence-corrected chi connectivity index (χ3v) is 6.78. The second-order valence-electron chi connectivity index (χ2n) is 5.00. The molecule has 1 atom stereocenters. The lowest BCUT2D eigenvalue weighted by Gasteiger charge is -2.27. The van der Waals surface area contributed by atoms with Gasteiger partial charge in [0.25, 0.3) is 0 Å². The average Bonchev–Trinajstić information content (AvgIpc) is 2.85. The number of thiophene rings is 1. The van der Waals surface area contributed by atoms with Gasteiger partial charge >= 0.3 is 0 Å². The molecule has 0 bridgehead atoms. The number of benzene rings is 1. The summed E-state index contributed by atoms with van der Waals surface area (Å²) in [5.41, 5.74) is 2.38. The van der Waals surface area contributed by atoms with Crippen LogP contribution in [0.5, 0.6) is 0 Å². The van der Waals surface area contributed by atoms with E-state index in [2.05, 4.69) is 16.1 Å². The van der Waals surface area contributed by atoms with E-state index in [1.807, 2.05) is 18.2 Å². The van der Waals surface area contributed by atoms with E-state index in [9.17, 15) is 8.42 Å². The summed E-state index contributed by atoms with van der Waals surface area (Å²) in [6.45, 7) is 1.09. The number of rotatable bonds is 4. The Balaban J connectivity index is 1.77. The molecule has 0 radical (unpaired) electrons. The summed E-state index contributed by atoms with van der Waals surface area (Å²) in [7, 11) is -3.67. The van der Waals surface area contributed by atoms with E-state index in [1.54, 1.807) is 0 Å². The lowest BCUT2D eigenvalue weighted by molar-refractivity contribution is 0.492. The van der Waals surface area contributed by atoms with Crippen LogP contribution in [0.2, 0.25) is 8.67 Å². The van der Waals surface area contributed by atoms with E-state index in [4.69, 9.17) is 23.2 Å². The molecule has 1 unspecified atom stereocenters. The van der Waals surface area contributed by atoms with E-state index in [0.29, 0.717) is 4.34 Å². The second kappa shape index (κ2) is 6.47. The third kappa shape index (κ3) is 3.32. The summed E-state index contributed by atoms with van der Waals surface area (Å²) >= 11 is 12.8. The molecule has 0 aliphatic carbocycles. The monoisotopic (exact) mass is 376 g/mol. The highest BCUT2D eigenvalue weighted by molar-refractivity contribution is 7.89.